The van der Waals surface area contributed by atoms with Gasteiger partial charge >= 0.3 is 6.18 Å². The second kappa shape index (κ2) is 2.12. The number of halogens is 3. The number of hydrazine groups is 1. The molecule has 0 bridgehead atoms. The van der Waals surface area contributed by atoms with Crippen LogP contribution < -0.4 is 10.9 Å². The van der Waals surface area contributed by atoms with Crippen molar-refractivity contribution in [2.24, 2.45) is 0 Å². The van der Waals surface area contributed by atoms with Crippen LogP contribution in [0.1, 0.15) is 6.42 Å². The molecule has 6 heteroatoms. The minimum atomic E-state index is -4.33. The Morgan fingerprint density at radius 2 is 2.10 bits per heavy atom. The zero-order chi connectivity index (χ0) is 7.78. The number of nitrogens with one attached hydrogen (secondary N) is 2. The largest absolute Gasteiger partial charge is 0.406 e. The van der Waals surface area contributed by atoms with Crippen LogP contribution in [0, 0.1) is 0 Å². The van der Waals surface area contributed by atoms with Gasteiger partial charge in [0.25, 0.3) is 0 Å². The van der Waals surface area contributed by atoms with E-state index in [2.05, 4.69) is 0 Å². The minimum absolute atomic E-state index is 0.524. The first-order chi connectivity index (χ1) is 4.50. The Bertz CT molecular complexity index is 155. The molecule has 0 aliphatic carbocycles. The van der Waals surface area contributed by atoms with Crippen molar-refractivity contribution in [1.82, 2.24) is 10.9 Å². The van der Waals surface area contributed by atoms with E-state index in [1.54, 1.807) is 0 Å². The van der Waals surface area contributed by atoms with Gasteiger partial charge in [-0.3, -0.25) is 10.2 Å². The van der Waals surface area contributed by atoms with Crippen LogP contribution in [0.4, 0.5) is 13.2 Å². The Morgan fingerprint density at radius 1 is 1.50 bits per heavy atom. The predicted molar refractivity (Wildman–Crippen MR) is 25.7 cm³/mol. The number of rotatable bonds is 0. The molecule has 1 saturated heterocycles. The minimum Gasteiger partial charge on any atom is -0.291 e. The van der Waals surface area contributed by atoms with Crippen molar-refractivity contribution < 1.29 is 18.0 Å². The first-order valence-corrected chi connectivity index (χ1v) is 2.61. The summed E-state index contributed by atoms with van der Waals surface area (Å²) in [7, 11) is 0. The zero-order valence-corrected chi connectivity index (χ0v) is 4.83. The van der Waals surface area contributed by atoms with Crippen LogP contribution in [0.25, 0.3) is 0 Å². The smallest absolute Gasteiger partial charge is 0.291 e. The lowest BCUT2D eigenvalue weighted by atomic mass is 10.2. The molecule has 1 heterocycles. The number of hydrogen-bond donors (Lipinski definition) is 2. The third-order valence-corrected chi connectivity index (χ3v) is 1.17. The average Bonchev–Trinajstić information content (AvgIpc) is 2.11. The van der Waals surface area contributed by atoms with Crippen LogP contribution >= 0.6 is 0 Å². The van der Waals surface area contributed by atoms with Crippen LogP contribution in [0.15, 0.2) is 0 Å². The van der Waals surface area contributed by atoms with Crippen molar-refractivity contribution in [1.29, 1.82) is 0 Å². The fraction of sp³-hybridized carbons (Fsp3) is 0.750. The lowest BCUT2D eigenvalue weighted by Crippen LogP contribution is -2.41. The molecule has 1 fully saturated rings. The maximum absolute atomic E-state index is 11.7. The standard InChI is InChI=1S/C4H5F3N2O/c5-4(6,7)2-1-3(10)9-8-2/h2,8H,1H2,(H,9,10). The molecule has 0 aromatic carbocycles. The van der Waals surface area contributed by atoms with Gasteiger partial charge in [0.2, 0.25) is 5.91 Å². The molecular formula is C4H5F3N2O. The van der Waals surface area contributed by atoms with Crippen LogP contribution in [-0.4, -0.2) is 18.1 Å². The maximum Gasteiger partial charge on any atom is 0.406 e. The summed E-state index contributed by atoms with van der Waals surface area (Å²) in [5.74, 6) is -0.623. The topological polar surface area (TPSA) is 41.1 Å². The summed E-state index contributed by atoms with van der Waals surface area (Å²) < 4.78 is 35.0. The summed E-state index contributed by atoms with van der Waals surface area (Å²) >= 11 is 0. The first kappa shape index (κ1) is 7.33. The Morgan fingerprint density at radius 3 is 2.30 bits per heavy atom. The molecule has 1 unspecified atom stereocenters. The van der Waals surface area contributed by atoms with Crippen molar-refractivity contribution in [2.45, 2.75) is 18.6 Å². The van der Waals surface area contributed by atoms with Gasteiger partial charge in [0, 0.05) is 0 Å². The van der Waals surface area contributed by atoms with E-state index < -0.39 is 24.5 Å². The van der Waals surface area contributed by atoms with Gasteiger partial charge in [0.15, 0.2) is 0 Å². The summed E-state index contributed by atoms with van der Waals surface area (Å²) in [5.41, 5.74) is 3.69. The Balaban J connectivity index is 2.53. The number of carbonyl (C=O) groups excluding carboxylic acids is 1. The summed E-state index contributed by atoms with van der Waals surface area (Å²) in [6.45, 7) is 0. The van der Waals surface area contributed by atoms with E-state index in [-0.39, 0.29) is 0 Å². The van der Waals surface area contributed by atoms with Gasteiger partial charge in [-0.05, 0) is 0 Å². The van der Waals surface area contributed by atoms with E-state index in [1.165, 1.54) is 0 Å². The van der Waals surface area contributed by atoms with E-state index in [0.29, 0.717) is 0 Å². The number of alkyl halides is 3. The highest BCUT2D eigenvalue weighted by Gasteiger charge is 2.43. The Labute approximate surface area is 54.6 Å². The first-order valence-electron chi connectivity index (χ1n) is 2.61. The van der Waals surface area contributed by atoms with Crippen LogP contribution in [-0.2, 0) is 4.79 Å². The number of hydrogen-bond acceptors (Lipinski definition) is 2. The highest BCUT2D eigenvalue weighted by Crippen LogP contribution is 2.23. The molecular weight excluding hydrogens is 149 g/mol. The maximum atomic E-state index is 11.7. The lowest BCUT2D eigenvalue weighted by Gasteiger charge is -2.11. The molecule has 1 atom stereocenters. The van der Waals surface area contributed by atoms with Crippen LogP contribution in [0.5, 0.6) is 0 Å². The molecule has 0 aromatic rings. The number of carbonyl (C=O) groups is 1. The van der Waals surface area contributed by atoms with E-state index in [9.17, 15) is 18.0 Å². The molecule has 0 radical (unpaired) electrons. The van der Waals surface area contributed by atoms with E-state index in [4.69, 9.17) is 0 Å². The summed E-state index contributed by atoms with van der Waals surface area (Å²) in [4.78, 5) is 10.2. The van der Waals surface area contributed by atoms with Crippen molar-refractivity contribution in [3.63, 3.8) is 0 Å². The predicted octanol–water partition coefficient (Wildman–Crippen LogP) is -0.0582. The molecule has 1 aliphatic rings. The molecule has 58 valence electrons. The van der Waals surface area contributed by atoms with Gasteiger partial charge in [-0.25, -0.2) is 5.43 Å². The van der Waals surface area contributed by atoms with Crippen molar-refractivity contribution >= 4 is 5.91 Å². The zero-order valence-electron chi connectivity index (χ0n) is 4.83. The fourth-order valence-corrected chi connectivity index (χ4v) is 0.653. The van der Waals surface area contributed by atoms with Crippen molar-refractivity contribution in [3.8, 4) is 0 Å². The van der Waals surface area contributed by atoms with Crippen molar-refractivity contribution in [3.05, 3.63) is 0 Å². The van der Waals surface area contributed by atoms with Gasteiger partial charge in [-0.1, -0.05) is 0 Å². The Hall–Kier alpha value is -0.780. The van der Waals surface area contributed by atoms with Crippen molar-refractivity contribution in [2.75, 3.05) is 0 Å². The summed E-state index contributed by atoms with van der Waals surface area (Å²) in [5, 5.41) is 0. The third kappa shape index (κ3) is 1.38. The quantitative estimate of drug-likeness (QED) is 0.513. The molecule has 2 N–H and O–H groups in total. The second-order valence-corrected chi connectivity index (χ2v) is 1.99. The van der Waals surface area contributed by atoms with Gasteiger partial charge in [-0.15, -0.1) is 0 Å². The fourth-order valence-electron chi connectivity index (χ4n) is 0.653. The average molecular weight is 154 g/mol. The number of amides is 1. The Kier molecular flexibility index (Phi) is 1.55. The third-order valence-electron chi connectivity index (χ3n) is 1.17. The molecule has 0 spiro atoms. The van der Waals surface area contributed by atoms with Gasteiger partial charge in [0.1, 0.15) is 6.04 Å². The molecule has 3 nitrogen and oxygen atoms in total. The molecule has 0 saturated carbocycles. The van der Waals surface area contributed by atoms with Crippen LogP contribution in [0.2, 0.25) is 0 Å². The molecule has 1 aliphatic heterocycles. The van der Waals surface area contributed by atoms with E-state index in [1.807, 2.05) is 10.9 Å². The van der Waals surface area contributed by atoms with E-state index in [0.717, 1.165) is 0 Å². The monoisotopic (exact) mass is 154 g/mol. The molecule has 1 amide bonds. The van der Waals surface area contributed by atoms with Gasteiger partial charge in [0.05, 0.1) is 6.42 Å². The van der Waals surface area contributed by atoms with Gasteiger partial charge < -0.3 is 0 Å². The molecule has 0 aromatic heterocycles. The highest BCUT2D eigenvalue weighted by molar-refractivity contribution is 5.78. The normalized spacial score (nSPS) is 26.7. The van der Waals surface area contributed by atoms with Gasteiger partial charge in [-0.2, -0.15) is 13.2 Å². The second-order valence-electron chi connectivity index (χ2n) is 1.99. The SMILES string of the molecule is O=C1CC(C(F)(F)F)NN1. The van der Waals surface area contributed by atoms with E-state index >= 15 is 0 Å². The summed E-state index contributed by atoms with van der Waals surface area (Å²) in [6, 6.07) is -1.72. The summed E-state index contributed by atoms with van der Waals surface area (Å²) in [6.07, 6.45) is -4.86. The van der Waals surface area contributed by atoms with Crippen LogP contribution in [0.3, 0.4) is 0 Å². The lowest BCUT2D eigenvalue weighted by molar-refractivity contribution is -0.153. The molecule has 10 heavy (non-hydrogen) atoms. The molecule has 1 rings (SSSR count). The highest BCUT2D eigenvalue weighted by atomic mass is 19.4.